The van der Waals surface area contributed by atoms with E-state index in [4.69, 9.17) is 26.2 Å². The number of nitrogens with one attached hydrogen (secondary N) is 2. The summed E-state index contributed by atoms with van der Waals surface area (Å²) in [5.41, 5.74) is 5.76. The summed E-state index contributed by atoms with van der Waals surface area (Å²) in [7, 11) is 0. The van der Waals surface area contributed by atoms with Gasteiger partial charge in [-0.2, -0.15) is 5.10 Å². The van der Waals surface area contributed by atoms with E-state index in [1.54, 1.807) is 22.8 Å². The first kappa shape index (κ1) is 24.1. The van der Waals surface area contributed by atoms with Crippen molar-refractivity contribution in [2.24, 2.45) is 0 Å². The molecular weight excluding hydrogens is 511 g/mol. The molecule has 0 saturated carbocycles. The van der Waals surface area contributed by atoms with Crippen molar-refractivity contribution in [1.29, 1.82) is 0 Å². The summed E-state index contributed by atoms with van der Waals surface area (Å²) in [6, 6.07) is 11.9. The highest BCUT2D eigenvalue weighted by atomic mass is 35.5. The summed E-state index contributed by atoms with van der Waals surface area (Å²) < 4.78 is 26.8. The molecule has 8 nitrogen and oxygen atoms in total. The van der Waals surface area contributed by atoms with E-state index in [0.29, 0.717) is 69.7 Å². The quantitative estimate of drug-likeness (QED) is 0.311. The monoisotopic (exact) mass is 534 g/mol. The van der Waals surface area contributed by atoms with Crippen LogP contribution in [0.3, 0.4) is 0 Å². The predicted octanol–water partition coefficient (Wildman–Crippen LogP) is 5.24. The number of aliphatic carboxylic acids is 1. The molecule has 0 bridgehead atoms. The molecule has 4 aromatic rings. The number of pyridine rings is 1. The fourth-order valence-corrected chi connectivity index (χ4v) is 5.24. The van der Waals surface area contributed by atoms with Gasteiger partial charge in [0.1, 0.15) is 29.6 Å². The third-order valence-corrected chi connectivity index (χ3v) is 7.08. The smallest absolute Gasteiger partial charge is 0.307 e. The molecule has 1 unspecified atom stereocenters. The molecule has 3 N–H and O–H groups in total. The maximum Gasteiger partial charge on any atom is 0.307 e. The second kappa shape index (κ2) is 9.57. The largest absolute Gasteiger partial charge is 0.490 e. The van der Waals surface area contributed by atoms with Gasteiger partial charge in [-0.15, -0.1) is 0 Å². The number of nitrogens with zero attached hydrogens (tertiary/aromatic N) is 2. The Morgan fingerprint density at radius 1 is 1.26 bits per heavy atom. The summed E-state index contributed by atoms with van der Waals surface area (Å²) >= 11 is 6.87. The summed E-state index contributed by atoms with van der Waals surface area (Å²) in [5, 5.41) is 21.4. The lowest BCUT2D eigenvalue weighted by Crippen LogP contribution is -2.18. The van der Waals surface area contributed by atoms with E-state index in [1.165, 1.54) is 12.1 Å². The molecule has 6 rings (SSSR count). The van der Waals surface area contributed by atoms with Crippen molar-refractivity contribution in [1.82, 2.24) is 14.9 Å². The van der Waals surface area contributed by atoms with Crippen molar-refractivity contribution >= 4 is 28.8 Å². The Kier molecular flexibility index (Phi) is 6.07. The van der Waals surface area contributed by atoms with Crippen molar-refractivity contribution in [3.8, 4) is 16.9 Å². The number of ether oxygens (including phenoxy) is 2. The zero-order valence-corrected chi connectivity index (χ0v) is 21.2. The number of carbonyl (C=O) groups is 1. The van der Waals surface area contributed by atoms with E-state index in [0.717, 1.165) is 11.1 Å². The molecule has 38 heavy (non-hydrogen) atoms. The van der Waals surface area contributed by atoms with Gasteiger partial charge < -0.3 is 25.2 Å². The molecule has 2 aliphatic rings. The Morgan fingerprint density at radius 2 is 2.08 bits per heavy atom. The van der Waals surface area contributed by atoms with Gasteiger partial charge in [0, 0.05) is 36.5 Å². The molecule has 0 amide bonds. The average molecular weight is 535 g/mol. The molecule has 2 aliphatic heterocycles. The van der Waals surface area contributed by atoms with Crippen LogP contribution in [0.2, 0.25) is 5.02 Å². The van der Waals surface area contributed by atoms with Crippen LogP contribution in [-0.4, -0.2) is 33.8 Å². The van der Waals surface area contributed by atoms with E-state index in [-0.39, 0.29) is 12.2 Å². The molecule has 0 aliphatic carbocycles. The van der Waals surface area contributed by atoms with Crippen LogP contribution in [0.15, 0.2) is 60.6 Å². The Labute approximate surface area is 222 Å². The predicted molar refractivity (Wildman–Crippen MR) is 141 cm³/mol. The number of anilines is 1. The number of hydrogen-bond donors (Lipinski definition) is 3. The van der Waals surface area contributed by atoms with Crippen LogP contribution in [0, 0.1) is 12.7 Å². The number of fused-ring (bicyclic) bond motifs is 2. The second-order valence-electron chi connectivity index (χ2n) is 9.29. The highest BCUT2D eigenvalue weighted by Gasteiger charge is 2.27. The lowest BCUT2D eigenvalue weighted by molar-refractivity contribution is -0.136. The molecule has 4 heterocycles. The van der Waals surface area contributed by atoms with Crippen LogP contribution in [-0.2, 0) is 22.4 Å². The third kappa shape index (κ3) is 4.39. The first-order valence-corrected chi connectivity index (χ1v) is 12.5. The highest BCUT2D eigenvalue weighted by Crippen LogP contribution is 2.44. The van der Waals surface area contributed by atoms with E-state index in [1.807, 2.05) is 31.3 Å². The topological polar surface area (TPSA) is 97.1 Å². The minimum atomic E-state index is -0.940. The Morgan fingerprint density at radius 3 is 2.87 bits per heavy atom. The first-order valence-electron chi connectivity index (χ1n) is 12.2. The summed E-state index contributed by atoms with van der Waals surface area (Å²) in [5.74, 6) is 0.132. The van der Waals surface area contributed by atoms with Gasteiger partial charge in [-0.1, -0.05) is 23.7 Å². The Balaban J connectivity index is 1.39. The van der Waals surface area contributed by atoms with Crippen LogP contribution < -0.4 is 15.4 Å². The zero-order chi connectivity index (χ0) is 26.4. The Bertz CT molecular complexity index is 1600. The minimum absolute atomic E-state index is 0.170. The molecule has 10 heteroatoms. The van der Waals surface area contributed by atoms with Gasteiger partial charge in [0.25, 0.3) is 0 Å². The van der Waals surface area contributed by atoms with E-state index < -0.39 is 12.2 Å². The number of carboxylic acid groups (broad SMARTS) is 1. The van der Waals surface area contributed by atoms with E-state index in [9.17, 15) is 14.3 Å². The van der Waals surface area contributed by atoms with Crippen LogP contribution in [0.5, 0.6) is 5.75 Å². The molecule has 0 saturated heterocycles. The van der Waals surface area contributed by atoms with Crippen molar-refractivity contribution in [2.75, 3.05) is 18.5 Å². The lowest BCUT2D eigenvalue weighted by Gasteiger charge is -2.23. The number of aromatic nitrogens is 2. The molecular formula is C28H24ClFN4O4. The van der Waals surface area contributed by atoms with Gasteiger partial charge in [0.15, 0.2) is 0 Å². The number of hydrogen-bond acceptors (Lipinski definition) is 6. The Hall–Kier alpha value is -4.24. The van der Waals surface area contributed by atoms with Gasteiger partial charge in [-0.25, -0.2) is 8.91 Å². The van der Waals surface area contributed by atoms with Crippen LogP contribution in [0.25, 0.3) is 16.6 Å². The normalized spacial score (nSPS) is 16.2. The van der Waals surface area contributed by atoms with Gasteiger partial charge in [0.2, 0.25) is 6.23 Å². The zero-order valence-electron chi connectivity index (χ0n) is 20.4. The fourth-order valence-electron chi connectivity index (χ4n) is 4.92. The standard InChI is InChI=1S/C28H24ClFN4O4/c1-15-14-34-22(12-21(33-34)28-32-13-18(38-28)10-16-2-4-17(30)5-3-16)25(20(15)11-24(35)36)19-6-7-23-27(26(19)29)31-8-9-37-23/h2-7,12-14,28,31-32H,8-11H2,1H3,(H,35,36). The van der Waals surface area contributed by atoms with Crippen molar-refractivity contribution in [2.45, 2.75) is 26.0 Å². The van der Waals surface area contributed by atoms with Crippen LogP contribution in [0.4, 0.5) is 10.1 Å². The van der Waals surface area contributed by atoms with Crippen molar-refractivity contribution in [3.05, 3.63) is 93.8 Å². The fraction of sp³-hybridized carbons (Fsp3) is 0.214. The molecule has 1 atom stereocenters. The number of carboxylic acids is 1. The van der Waals surface area contributed by atoms with E-state index >= 15 is 0 Å². The van der Waals surface area contributed by atoms with E-state index in [2.05, 4.69) is 10.6 Å². The molecule has 0 radical (unpaired) electrons. The van der Waals surface area contributed by atoms with Gasteiger partial charge in [-0.05, 0) is 53.9 Å². The summed E-state index contributed by atoms with van der Waals surface area (Å²) in [6.45, 7) is 3.03. The van der Waals surface area contributed by atoms with Gasteiger partial charge in [0.05, 0.1) is 22.6 Å². The number of allylic oxidation sites excluding steroid dienone is 1. The summed E-state index contributed by atoms with van der Waals surface area (Å²) in [4.78, 5) is 11.8. The number of halogens is 2. The average Bonchev–Trinajstić information content (AvgIpc) is 3.53. The SMILES string of the molecule is Cc1cn2nc(C3NC=C(Cc4ccc(F)cc4)O3)cc2c(-c2ccc3c(c2Cl)NCCO3)c1CC(=O)O. The van der Waals surface area contributed by atoms with Gasteiger partial charge in [-0.3, -0.25) is 4.79 Å². The lowest BCUT2D eigenvalue weighted by atomic mass is 9.93. The van der Waals surface area contributed by atoms with Crippen molar-refractivity contribution < 1.29 is 23.8 Å². The van der Waals surface area contributed by atoms with Crippen molar-refractivity contribution in [3.63, 3.8) is 0 Å². The first-order chi connectivity index (χ1) is 18.4. The molecule has 2 aromatic carbocycles. The molecule has 0 spiro atoms. The second-order valence-corrected chi connectivity index (χ2v) is 9.67. The minimum Gasteiger partial charge on any atom is -0.490 e. The molecule has 2 aromatic heterocycles. The summed E-state index contributed by atoms with van der Waals surface area (Å²) in [6.07, 6.45) is 3.40. The van der Waals surface area contributed by atoms with Crippen LogP contribution >= 0.6 is 11.6 Å². The van der Waals surface area contributed by atoms with Gasteiger partial charge >= 0.3 is 5.97 Å². The van der Waals surface area contributed by atoms with Crippen LogP contribution in [0.1, 0.15) is 28.6 Å². The maximum absolute atomic E-state index is 13.3. The number of rotatable bonds is 6. The number of aryl methyl sites for hydroxylation is 1. The molecule has 194 valence electrons. The molecule has 0 fully saturated rings. The highest BCUT2D eigenvalue weighted by molar-refractivity contribution is 6.36. The maximum atomic E-state index is 13.3. The number of benzene rings is 2. The third-order valence-electron chi connectivity index (χ3n) is 6.69.